The van der Waals surface area contributed by atoms with E-state index in [4.69, 9.17) is 10.5 Å². The Morgan fingerprint density at radius 1 is 1.00 bits per heavy atom. The van der Waals surface area contributed by atoms with Crippen LogP contribution in [0.4, 0.5) is 0 Å². The number of nitrogens with one attached hydrogen (secondary N) is 2. The van der Waals surface area contributed by atoms with Crippen molar-refractivity contribution >= 4 is 11.8 Å². The molecule has 0 aromatic heterocycles. The van der Waals surface area contributed by atoms with Crippen molar-refractivity contribution in [2.45, 2.75) is 19.0 Å². The molecule has 0 saturated carbocycles. The minimum Gasteiger partial charge on any atom is -0.497 e. The van der Waals surface area contributed by atoms with Gasteiger partial charge in [-0.1, -0.05) is 42.5 Å². The molecule has 0 saturated heterocycles. The van der Waals surface area contributed by atoms with Crippen LogP contribution in [0.1, 0.15) is 23.6 Å². The molecule has 1 atom stereocenters. The van der Waals surface area contributed by atoms with Crippen LogP contribution in [0.2, 0.25) is 0 Å². The number of amides is 2. The fourth-order valence-electron chi connectivity index (χ4n) is 2.28. The molecule has 2 aromatic rings. The van der Waals surface area contributed by atoms with Crippen molar-refractivity contribution in [3.05, 3.63) is 65.7 Å². The Kier molecular flexibility index (Phi) is 6.98. The molecule has 0 aliphatic rings. The number of methoxy groups -OCH3 is 1. The molecule has 132 valence electrons. The summed E-state index contributed by atoms with van der Waals surface area (Å²) < 4.78 is 5.08. The Balaban J connectivity index is 1.69. The molecule has 0 spiro atoms. The standard InChI is InChI=1S/C19H23N3O3/c1-25-16-9-7-14(8-10-16)12-21-19(24)13-22-18(23)11-17(20)15-5-3-2-4-6-15/h2-10,17H,11-13,20H2,1H3,(H,21,24)(H,22,23). The molecule has 2 amide bonds. The quantitative estimate of drug-likeness (QED) is 0.678. The van der Waals surface area contributed by atoms with Gasteiger partial charge in [0, 0.05) is 19.0 Å². The van der Waals surface area contributed by atoms with Crippen molar-refractivity contribution in [2.75, 3.05) is 13.7 Å². The van der Waals surface area contributed by atoms with Gasteiger partial charge in [0.1, 0.15) is 5.75 Å². The first-order chi connectivity index (χ1) is 12.1. The van der Waals surface area contributed by atoms with Crippen LogP contribution in [0.25, 0.3) is 0 Å². The molecular formula is C19H23N3O3. The van der Waals surface area contributed by atoms with Gasteiger partial charge in [0.25, 0.3) is 0 Å². The van der Waals surface area contributed by atoms with Gasteiger partial charge >= 0.3 is 0 Å². The Morgan fingerprint density at radius 3 is 2.32 bits per heavy atom. The third kappa shape index (κ3) is 6.27. The van der Waals surface area contributed by atoms with Crippen LogP contribution in [0.3, 0.4) is 0 Å². The van der Waals surface area contributed by atoms with Crippen LogP contribution < -0.4 is 21.1 Å². The zero-order chi connectivity index (χ0) is 18.1. The molecule has 25 heavy (non-hydrogen) atoms. The number of carbonyl (C=O) groups excluding carboxylic acids is 2. The summed E-state index contributed by atoms with van der Waals surface area (Å²) in [6, 6.07) is 16.4. The Hall–Kier alpha value is -2.86. The molecule has 0 fully saturated rings. The molecular weight excluding hydrogens is 318 g/mol. The summed E-state index contributed by atoms with van der Waals surface area (Å²) in [6.07, 6.45) is 0.135. The lowest BCUT2D eigenvalue weighted by Gasteiger charge is -2.12. The normalized spacial score (nSPS) is 11.4. The molecule has 0 aliphatic carbocycles. The third-order valence-corrected chi connectivity index (χ3v) is 3.73. The lowest BCUT2D eigenvalue weighted by molar-refractivity contribution is -0.126. The van der Waals surface area contributed by atoms with E-state index in [1.165, 1.54) is 0 Å². The maximum absolute atomic E-state index is 11.9. The van der Waals surface area contributed by atoms with E-state index in [0.717, 1.165) is 16.9 Å². The average Bonchev–Trinajstić information content (AvgIpc) is 2.65. The van der Waals surface area contributed by atoms with E-state index >= 15 is 0 Å². The van der Waals surface area contributed by atoms with Crippen LogP contribution in [0.5, 0.6) is 5.75 Å². The molecule has 4 N–H and O–H groups in total. The van der Waals surface area contributed by atoms with Gasteiger partial charge in [-0.05, 0) is 23.3 Å². The van der Waals surface area contributed by atoms with Gasteiger partial charge in [0.05, 0.1) is 13.7 Å². The molecule has 6 heteroatoms. The lowest BCUT2D eigenvalue weighted by Crippen LogP contribution is -2.37. The number of benzene rings is 2. The highest BCUT2D eigenvalue weighted by Gasteiger charge is 2.12. The second-order valence-corrected chi connectivity index (χ2v) is 5.62. The highest BCUT2D eigenvalue weighted by atomic mass is 16.5. The third-order valence-electron chi connectivity index (χ3n) is 3.73. The van der Waals surface area contributed by atoms with E-state index < -0.39 is 0 Å². The monoisotopic (exact) mass is 341 g/mol. The number of carbonyl (C=O) groups is 2. The van der Waals surface area contributed by atoms with Gasteiger partial charge in [-0.25, -0.2) is 0 Å². The molecule has 0 heterocycles. The predicted octanol–water partition coefficient (Wildman–Crippen LogP) is 1.52. The summed E-state index contributed by atoms with van der Waals surface area (Å²) >= 11 is 0. The smallest absolute Gasteiger partial charge is 0.239 e. The molecule has 0 radical (unpaired) electrons. The van der Waals surface area contributed by atoms with Crippen molar-refractivity contribution in [1.29, 1.82) is 0 Å². The van der Waals surface area contributed by atoms with Crippen LogP contribution in [0.15, 0.2) is 54.6 Å². The van der Waals surface area contributed by atoms with Gasteiger partial charge < -0.3 is 21.1 Å². The van der Waals surface area contributed by atoms with E-state index in [1.54, 1.807) is 7.11 Å². The SMILES string of the molecule is COc1ccc(CNC(=O)CNC(=O)CC(N)c2ccccc2)cc1. The highest BCUT2D eigenvalue weighted by Crippen LogP contribution is 2.13. The zero-order valence-electron chi connectivity index (χ0n) is 14.2. The van der Waals surface area contributed by atoms with Crippen molar-refractivity contribution in [3.63, 3.8) is 0 Å². The summed E-state index contributed by atoms with van der Waals surface area (Å²) in [6.45, 7) is 0.318. The fraction of sp³-hybridized carbons (Fsp3) is 0.263. The molecule has 2 aromatic carbocycles. The lowest BCUT2D eigenvalue weighted by atomic mass is 10.0. The van der Waals surface area contributed by atoms with Crippen LogP contribution >= 0.6 is 0 Å². The summed E-state index contributed by atoms with van der Waals surface area (Å²) in [7, 11) is 1.60. The Morgan fingerprint density at radius 2 is 1.68 bits per heavy atom. The molecule has 0 bridgehead atoms. The summed E-state index contributed by atoms with van der Waals surface area (Å²) in [5.41, 5.74) is 7.83. The number of ether oxygens (including phenoxy) is 1. The maximum atomic E-state index is 11.9. The van der Waals surface area contributed by atoms with Gasteiger partial charge in [-0.3, -0.25) is 9.59 Å². The minimum atomic E-state index is -0.386. The first-order valence-electron chi connectivity index (χ1n) is 8.05. The first kappa shape index (κ1) is 18.5. The number of nitrogens with two attached hydrogens (primary N) is 1. The summed E-state index contributed by atoms with van der Waals surface area (Å²) in [5.74, 6) is 0.255. The number of hydrogen-bond acceptors (Lipinski definition) is 4. The highest BCUT2D eigenvalue weighted by molar-refractivity contribution is 5.84. The minimum absolute atomic E-state index is 0.0729. The van der Waals surface area contributed by atoms with Crippen LogP contribution in [-0.4, -0.2) is 25.5 Å². The molecule has 0 aliphatic heterocycles. The van der Waals surface area contributed by atoms with Gasteiger partial charge in [0.2, 0.25) is 11.8 Å². The largest absolute Gasteiger partial charge is 0.497 e. The van der Waals surface area contributed by atoms with Gasteiger partial charge in [-0.15, -0.1) is 0 Å². The zero-order valence-corrected chi connectivity index (χ0v) is 14.2. The van der Waals surface area contributed by atoms with Crippen molar-refractivity contribution in [1.82, 2.24) is 10.6 Å². The topological polar surface area (TPSA) is 93.5 Å². The van der Waals surface area contributed by atoms with Crippen molar-refractivity contribution < 1.29 is 14.3 Å². The second kappa shape index (κ2) is 9.44. The van der Waals surface area contributed by atoms with E-state index in [2.05, 4.69) is 10.6 Å². The molecule has 1 unspecified atom stereocenters. The molecule has 2 rings (SSSR count). The van der Waals surface area contributed by atoms with Crippen molar-refractivity contribution in [3.8, 4) is 5.75 Å². The molecule has 6 nitrogen and oxygen atoms in total. The Labute approximate surface area is 147 Å². The number of hydrogen-bond donors (Lipinski definition) is 3. The van der Waals surface area contributed by atoms with Crippen LogP contribution in [-0.2, 0) is 16.1 Å². The van der Waals surface area contributed by atoms with E-state index in [9.17, 15) is 9.59 Å². The van der Waals surface area contributed by atoms with Gasteiger partial charge in [0.15, 0.2) is 0 Å². The first-order valence-corrected chi connectivity index (χ1v) is 8.05. The summed E-state index contributed by atoms with van der Waals surface area (Å²) in [5, 5.41) is 5.34. The predicted molar refractivity (Wildman–Crippen MR) is 95.8 cm³/mol. The van der Waals surface area contributed by atoms with Gasteiger partial charge in [-0.2, -0.15) is 0 Å². The van der Waals surface area contributed by atoms with E-state index in [1.807, 2.05) is 54.6 Å². The summed E-state index contributed by atoms with van der Waals surface area (Å²) in [4.78, 5) is 23.7. The van der Waals surface area contributed by atoms with Crippen molar-refractivity contribution in [2.24, 2.45) is 5.73 Å². The van der Waals surface area contributed by atoms with E-state index in [-0.39, 0.29) is 30.8 Å². The second-order valence-electron chi connectivity index (χ2n) is 5.62. The van der Waals surface area contributed by atoms with Crippen LogP contribution in [0, 0.1) is 0 Å². The average molecular weight is 341 g/mol. The van der Waals surface area contributed by atoms with E-state index in [0.29, 0.717) is 6.54 Å². The number of rotatable bonds is 8. The Bertz CT molecular complexity index is 687. The fourth-order valence-corrected chi connectivity index (χ4v) is 2.28. The maximum Gasteiger partial charge on any atom is 0.239 e.